The Balaban J connectivity index is 1.71. The van der Waals surface area contributed by atoms with Crippen LogP contribution < -0.4 is 5.32 Å². The summed E-state index contributed by atoms with van der Waals surface area (Å²) in [6, 6.07) is 9.52. The van der Waals surface area contributed by atoms with Crippen molar-refractivity contribution < 1.29 is 22.8 Å². The summed E-state index contributed by atoms with van der Waals surface area (Å²) in [6.45, 7) is 2.39. The van der Waals surface area contributed by atoms with Crippen LogP contribution in [0.25, 0.3) is 0 Å². The van der Waals surface area contributed by atoms with Gasteiger partial charge >= 0.3 is 6.18 Å². The third-order valence-corrected chi connectivity index (χ3v) is 5.21. The van der Waals surface area contributed by atoms with Crippen molar-refractivity contribution in [2.75, 3.05) is 18.4 Å². The van der Waals surface area contributed by atoms with Crippen molar-refractivity contribution in [1.29, 1.82) is 0 Å². The molecular formula is C21H20ClF3N2O2. The lowest BCUT2D eigenvalue weighted by Crippen LogP contribution is -2.43. The summed E-state index contributed by atoms with van der Waals surface area (Å²) < 4.78 is 38.8. The van der Waals surface area contributed by atoms with Crippen LogP contribution in [0.2, 0.25) is 5.02 Å². The maximum atomic E-state index is 12.9. The Morgan fingerprint density at radius 2 is 1.93 bits per heavy atom. The number of nitrogens with one attached hydrogen (secondary N) is 1. The molecule has 1 saturated heterocycles. The molecule has 29 heavy (non-hydrogen) atoms. The first-order valence-corrected chi connectivity index (χ1v) is 9.56. The molecule has 1 unspecified atom stereocenters. The van der Waals surface area contributed by atoms with Gasteiger partial charge in [-0.1, -0.05) is 23.7 Å². The Kier molecular flexibility index (Phi) is 6.17. The number of carbonyl (C=O) groups is 2. The standard InChI is InChI=1S/C21H20ClF3N2O2/c1-13-7-8-17(22)11-18(13)26-19(28)15-5-3-9-27(12-15)20(29)14-4-2-6-16(10-14)21(23,24)25/h2,4,6-8,10-11,15H,3,5,9,12H2,1H3,(H,26,28). The van der Waals surface area contributed by atoms with Crippen LogP contribution in [0.4, 0.5) is 18.9 Å². The summed E-state index contributed by atoms with van der Waals surface area (Å²) in [5.74, 6) is -1.19. The van der Waals surface area contributed by atoms with Crippen LogP contribution in [0.3, 0.4) is 0 Å². The highest BCUT2D eigenvalue weighted by Crippen LogP contribution is 2.30. The fourth-order valence-corrected chi connectivity index (χ4v) is 3.52. The number of benzene rings is 2. The summed E-state index contributed by atoms with van der Waals surface area (Å²) in [5, 5.41) is 3.34. The number of likely N-dealkylation sites (tertiary alicyclic amines) is 1. The van der Waals surface area contributed by atoms with Crippen molar-refractivity contribution in [1.82, 2.24) is 4.90 Å². The molecule has 8 heteroatoms. The maximum absolute atomic E-state index is 12.9. The maximum Gasteiger partial charge on any atom is 0.416 e. The molecule has 1 fully saturated rings. The van der Waals surface area contributed by atoms with Gasteiger partial charge in [-0.3, -0.25) is 9.59 Å². The van der Waals surface area contributed by atoms with Crippen LogP contribution in [0, 0.1) is 12.8 Å². The Bertz CT molecular complexity index is 930. The molecular weight excluding hydrogens is 405 g/mol. The first-order chi connectivity index (χ1) is 13.6. The number of hydrogen-bond donors (Lipinski definition) is 1. The van der Waals surface area contributed by atoms with E-state index < -0.39 is 23.6 Å². The minimum Gasteiger partial charge on any atom is -0.338 e. The predicted octanol–water partition coefficient (Wildman–Crippen LogP) is 5.16. The van der Waals surface area contributed by atoms with Gasteiger partial charge in [0.15, 0.2) is 0 Å². The zero-order valence-corrected chi connectivity index (χ0v) is 16.5. The predicted molar refractivity (Wildman–Crippen MR) is 105 cm³/mol. The first kappa shape index (κ1) is 21.2. The molecule has 1 aliphatic rings. The van der Waals surface area contributed by atoms with Crippen molar-refractivity contribution in [2.24, 2.45) is 5.92 Å². The van der Waals surface area contributed by atoms with E-state index in [0.29, 0.717) is 30.1 Å². The lowest BCUT2D eigenvalue weighted by molar-refractivity contribution is -0.137. The smallest absolute Gasteiger partial charge is 0.338 e. The van der Waals surface area contributed by atoms with Gasteiger partial charge in [-0.05, 0) is 55.7 Å². The third-order valence-electron chi connectivity index (χ3n) is 4.97. The number of aryl methyl sites for hydroxylation is 1. The first-order valence-electron chi connectivity index (χ1n) is 9.18. The lowest BCUT2D eigenvalue weighted by Gasteiger charge is -2.32. The summed E-state index contributed by atoms with van der Waals surface area (Å²) in [6.07, 6.45) is -3.33. The van der Waals surface area contributed by atoms with Crippen molar-refractivity contribution in [3.05, 3.63) is 64.2 Å². The van der Waals surface area contributed by atoms with E-state index in [0.717, 1.165) is 17.7 Å². The van der Waals surface area contributed by atoms with E-state index in [1.807, 2.05) is 6.92 Å². The zero-order valence-electron chi connectivity index (χ0n) is 15.7. The van der Waals surface area contributed by atoms with E-state index in [1.165, 1.54) is 17.0 Å². The van der Waals surface area contributed by atoms with Gasteiger partial charge in [0.2, 0.25) is 5.91 Å². The Morgan fingerprint density at radius 3 is 2.66 bits per heavy atom. The highest BCUT2D eigenvalue weighted by atomic mass is 35.5. The van der Waals surface area contributed by atoms with Gasteiger partial charge in [0, 0.05) is 29.4 Å². The SMILES string of the molecule is Cc1ccc(Cl)cc1NC(=O)C1CCCN(C(=O)c2cccc(C(F)(F)F)c2)C1. The number of piperidine rings is 1. The van der Waals surface area contributed by atoms with Crippen LogP contribution in [0.15, 0.2) is 42.5 Å². The fraction of sp³-hybridized carbons (Fsp3) is 0.333. The number of alkyl halides is 3. The van der Waals surface area contributed by atoms with E-state index in [2.05, 4.69) is 5.32 Å². The Labute approximate surface area is 171 Å². The largest absolute Gasteiger partial charge is 0.416 e. The van der Waals surface area contributed by atoms with Crippen molar-refractivity contribution >= 4 is 29.1 Å². The van der Waals surface area contributed by atoms with Crippen molar-refractivity contribution in [3.63, 3.8) is 0 Å². The van der Waals surface area contributed by atoms with Gasteiger partial charge in [0.05, 0.1) is 11.5 Å². The molecule has 0 spiro atoms. The second-order valence-electron chi connectivity index (χ2n) is 7.12. The number of amides is 2. The molecule has 0 radical (unpaired) electrons. The zero-order chi connectivity index (χ0) is 21.2. The van der Waals surface area contributed by atoms with Crippen molar-refractivity contribution in [2.45, 2.75) is 25.9 Å². The van der Waals surface area contributed by atoms with Crippen LogP contribution >= 0.6 is 11.6 Å². The highest BCUT2D eigenvalue weighted by Gasteiger charge is 2.33. The summed E-state index contributed by atoms with van der Waals surface area (Å²) >= 11 is 5.98. The van der Waals surface area contributed by atoms with Crippen LogP contribution in [0.1, 0.15) is 34.3 Å². The van der Waals surface area contributed by atoms with E-state index in [1.54, 1.807) is 18.2 Å². The number of nitrogens with zero attached hydrogens (tertiary/aromatic N) is 1. The van der Waals surface area contributed by atoms with E-state index in [9.17, 15) is 22.8 Å². The molecule has 4 nitrogen and oxygen atoms in total. The average molecular weight is 425 g/mol. The minimum atomic E-state index is -4.52. The second kappa shape index (κ2) is 8.45. The van der Waals surface area contributed by atoms with Gasteiger partial charge in [-0.15, -0.1) is 0 Å². The van der Waals surface area contributed by atoms with E-state index in [4.69, 9.17) is 11.6 Å². The molecule has 1 heterocycles. The molecule has 0 saturated carbocycles. The number of hydrogen-bond acceptors (Lipinski definition) is 2. The molecule has 0 aromatic heterocycles. The molecule has 0 aliphatic carbocycles. The van der Waals surface area contributed by atoms with Crippen LogP contribution in [0.5, 0.6) is 0 Å². The molecule has 3 rings (SSSR count). The average Bonchev–Trinajstić information content (AvgIpc) is 2.69. The third kappa shape index (κ3) is 5.09. The topological polar surface area (TPSA) is 49.4 Å². The number of halogens is 4. The monoisotopic (exact) mass is 424 g/mol. The lowest BCUT2D eigenvalue weighted by atomic mass is 9.96. The second-order valence-corrected chi connectivity index (χ2v) is 7.55. The van der Waals surface area contributed by atoms with Crippen molar-refractivity contribution in [3.8, 4) is 0 Å². The number of rotatable bonds is 3. The van der Waals surface area contributed by atoms with Gasteiger partial charge < -0.3 is 10.2 Å². The summed E-state index contributed by atoms with van der Waals surface area (Å²) in [5.41, 5.74) is 0.553. The molecule has 0 bridgehead atoms. The normalized spacial score (nSPS) is 17.1. The fourth-order valence-electron chi connectivity index (χ4n) is 3.35. The van der Waals surface area contributed by atoms with Crippen LogP contribution in [-0.2, 0) is 11.0 Å². The molecule has 2 amide bonds. The highest BCUT2D eigenvalue weighted by molar-refractivity contribution is 6.31. The Morgan fingerprint density at radius 1 is 1.17 bits per heavy atom. The molecule has 154 valence electrons. The summed E-state index contributed by atoms with van der Waals surface area (Å²) in [4.78, 5) is 26.8. The van der Waals surface area contributed by atoms with Gasteiger partial charge in [0.25, 0.3) is 5.91 Å². The quantitative estimate of drug-likeness (QED) is 0.740. The van der Waals surface area contributed by atoms with Crippen LogP contribution in [-0.4, -0.2) is 29.8 Å². The molecule has 1 atom stereocenters. The van der Waals surface area contributed by atoms with Gasteiger partial charge in [0.1, 0.15) is 0 Å². The molecule has 1 N–H and O–H groups in total. The summed E-state index contributed by atoms with van der Waals surface area (Å²) in [7, 11) is 0. The minimum absolute atomic E-state index is 0.0356. The molecule has 2 aromatic carbocycles. The van der Waals surface area contributed by atoms with E-state index >= 15 is 0 Å². The van der Waals surface area contributed by atoms with Gasteiger partial charge in [-0.2, -0.15) is 13.2 Å². The van der Waals surface area contributed by atoms with Gasteiger partial charge in [-0.25, -0.2) is 0 Å². The molecule has 1 aliphatic heterocycles. The van der Waals surface area contributed by atoms with E-state index in [-0.39, 0.29) is 18.0 Å². The number of anilines is 1. The number of carbonyl (C=O) groups excluding carboxylic acids is 2. The molecule has 2 aromatic rings. The Hall–Kier alpha value is -2.54.